The summed E-state index contributed by atoms with van der Waals surface area (Å²) >= 11 is 0. The van der Waals surface area contributed by atoms with Crippen molar-refractivity contribution < 1.29 is 24.5 Å². The van der Waals surface area contributed by atoms with E-state index in [4.69, 9.17) is 4.74 Å². The van der Waals surface area contributed by atoms with Crippen LogP contribution in [0.1, 0.15) is 322 Å². The lowest BCUT2D eigenvalue weighted by Gasteiger charge is -2.22. The normalized spacial score (nSPS) is 12.6. The van der Waals surface area contributed by atoms with Gasteiger partial charge < -0.3 is 20.3 Å². The second-order valence-corrected chi connectivity index (χ2v) is 20.0. The van der Waals surface area contributed by atoms with E-state index in [2.05, 4.69) is 31.3 Å². The molecular formula is C58H113NO5. The molecule has 3 N–H and O–H groups in total. The fourth-order valence-electron chi connectivity index (χ4n) is 9.11. The summed E-state index contributed by atoms with van der Waals surface area (Å²) in [6, 6.07) is -0.562. The van der Waals surface area contributed by atoms with Gasteiger partial charge in [-0.25, -0.2) is 0 Å². The van der Waals surface area contributed by atoms with Gasteiger partial charge in [0.2, 0.25) is 5.91 Å². The largest absolute Gasteiger partial charge is 0.466 e. The molecule has 1 amide bonds. The highest BCUT2D eigenvalue weighted by atomic mass is 16.5. The molecule has 0 saturated carbocycles. The van der Waals surface area contributed by atoms with Gasteiger partial charge in [-0.1, -0.05) is 270 Å². The van der Waals surface area contributed by atoms with E-state index in [1.807, 2.05) is 0 Å². The van der Waals surface area contributed by atoms with Crippen molar-refractivity contribution in [2.75, 3.05) is 13.2 Å². The first-order chi connectivity index (χ1) is 31.5. The maximum Gasteiger partial charge on any atom is 0.305 e. The van der Waals surface area contributed by atoms with E-state index in [0.717, 1.165) is 77.0 Å². The van der Waals surface area contributed by atoms with E-state index in [0.29, 0.717) is 25.9 Å². The molecule has 380 valence electrons. The molecule has 2 unspecified atom stereocenters. The van der Waals surface area contributed by atoms with Crippen molar-refractivity contribution in [2.45, 2.75) is 334 Å². The number of allylic oxidation sites excluding steroid dienone is 2. The van der Waals surface area contributed by atoms with Crippen molar-refractivity contribution in [3.63, 3.8) is 0 Å². The van der Waals surface area contributed by atoms with Gasteiger partial charge in [0, 0.05) is 12.8 Å². The Balaban J connectivity index is 3.48. The van der Waals surface area contributed by atoms with Crippen molar-refractivity contribution in [3.05, 3.63) is 12.2 Å². The summed E-state index contributed by atoms with van der Waals surface area (Å²) in [7, 11) is 0. The van der Waals surface area contributed by atoms with Crippen LogP contribution in [0.3, 0.4) is 0 Å². The predicted molar refractivity (Wildman–Crippen MR) is 278 cm³/mol. The molecule has 0 rings (SSSR count). The minimum atomic E-state index is -0.682. The Labute approximate surface area is 399 Å². The average Bonchev–Trinajstić information content (AvgIpc) is 3.29. The summed E-state index contributed by atoms with van der Waals surface area (Å²) in [5.41, 5.74) is 0. The minimum Gasteiger partial charge on any atom is -0.466 e. The zero-order valence-corrected chi connectivity index (χ0v) is 43.3. The van der Waals surface area contributed by atoms with Gasteiger partial charge in [-0.15, -0.1) is 0 Å². The molecule has 6 nitrogen and oxygen atoms in total. The molecule has 0 spiro atoms. The Kier molecular flexibility index (Phi) is 53.0. The summed E-state index contributed by atoms with van der Waals surface area (Å²) in [6.45, 7) is 4.90. The first-order valence-corrected chi connectivity index (χ1v) is 28.9. The third-order valence-corrected chi connectivity index (χ3v) is 13.6. The SMILES string of the molecule is CCCCCCCCCCCCCCCCCCCCC(=O)OCCCC/C=C\CCCCCCCC(=O)NC(CO)C(O)CCCCCCCCCCCCCCCCCCCC. The number of nitrogens with one attached hydrogen (secondary N) is 1. The number of amides is 1. The van der Waals surface area contributed by atoms with Crippen molar-refractivity contribution in [1.29, 1.82) is 0 Å². The Bertz CT molecular complexity index is 955. The van der Waals surface area contributed by atoms with Gasteiger partial charge in [0.1, 0.15) is 0 Å². The van der Waals surface area contributed by atoms with Crippen LogP contribution in [-0.2, 0) is 14.3 Å². The zero-order valence-electron chi connectivity index (χ0n) is 43.3. The van der Waals surface area contributed by atoms with E-state index in [1.54, 1.807) is 0 Å². The molecule has 0 aliphatic carbocycles. The second-order valence-electron chi connectivity index (χ2n) is 20.0. The summed E-state index contributed by atoms with van der Waals surface area (Å²) in [5, 5.41) is 23.3. The number of carbonyl (C=O) groups excluding carboxylic acids is 2. The fourth-order valence-corrected chi connectivity index (χ4v) is 9.11. The van der Waals surface area contributed by atoms with E-state index in [9.17, 15) is 19.8 Å². The molecule has 0 aliphatic heterocycles. The van der Waals surface area contributed by atoms with E-state index in [1.165, 1.54) is 212 Å². The van der Waals surface area contributed by atoms with Crippen LogP contribution in [0.4, 0.5) is 0 Å². The van der Waals surface area contributed by atoms with Crippen molar-refractivity contribution in [2.24, 2.45) is 0 Å². The second kappa shape index (κ2) is 54.2. The number of unbranched alkanes of at least 4 members (excludes halogenated alkanes) is 41. The maximum atomic E-state index is 12.5. The van der Waals surface area contributed by atoms with Crippen LogP contribution in [0.5, 0.6) is 0 Å². The molecule has 0 bridgehead atoms. The average molecular weight is 905 g/mol. The standard InChI is InChI=1S/C58H113NO5/c1-3-5-7-9-11-13-15-17-19-21-23-25-27-30-34-38-42-46-50-56(61)55(54-60)59-57(62)51-47-43-39-35-31-29-33-37-41-45-49-53-64-58(63)52-48-44-40-36-32-28-26-24-22-20-18-16-14-12-10-8-6-4-2/h33,37,55-56,60-61H,3-32,34-36,38-54H2,1-2H3,(H,59,62)/b37-33-. The molecule has 64 heavy (non-hydrogen) atoms. The molecule has 0 heterocycles. The summed E-state index contributed by atoms with van der Waals surface area (Å²) in [6.07, 6.45) is 63.5. The fraction of sp³-hybridized carbons (Fsp3) is 0.931. The number of hydrogen-bond donors (Lipinski definition) is 3. The zero-order chi connectivity index (χ0) is 46.5. The quantitative estimate of drug-likeness (QED) is 0.0321. The molecule has 6 heteroatoms. The minimum absolute atomic E-state index is 0.0259. The number of esters is 1. The number of aliphatic hydroxyl groups excluding tert-OH is 2. The number of ether oxygens (including phenoxy) is 1. The van der Waals surface area contributed by atoms with Crippen LogP contribution in [0.2, 0.25) is 0 Å². The van der Waals surface area contributed by atoms with Crippen molar-refractivity contribution in [1.82, 2.24) is 5.32 Å². The van der Waals surface area contributed by atoms with E-state index >= 15 is 0 Å². The first-order valence-electron chi connectivity index (χ1n) is 28.9. The third kappa shape index (κ3) is 50.0. The lowest BCUT2D eigenvalue weighted by Crippen LogP contribution is -2.45. The molecule has 0 radical (unpaired) electrons. The van der Waals surface area contributed by atoms with Gasteiger partial charge in [-0.3, -0.25) is 9.59 Å². The van der Waals surface area contributed by atoms with Crippen molar-refractivity contribution in [3.8, 4) is 0 Å². The number of carbonyl (C=O) groups is 2. The Morgan fingerprint density at radius 2 is 0.734 bits per heavy atom. The molecule has 0 aromatic carbocycles. The highest BCUT2D eigenvalue weighted by molar-refractivity contribution is 5.76. The number of aliphatic hydroxyl groups is 2. The van der Waals surface area contributed by atoms with Crippen LogP contribution < -0.4 is 5.32 Å². The van der Waals surface area contributed by atoms with Crippen LogP contribution in [0.15, 0.2) is 12.2 Å². The number of rotatable bonds is 54. The molecule has 2 atom stereocenters. The van der Waals surface area contributed by atoms with E-state index < -0.39 is 12.1 Å². The van der Waals surface area contributed by atoms with Gasteiger partial charge in [0.25, 0.3) is 0 Å². The Morgan fingerprint density at radius 3 is 1.11 bits per heavy atom. The van der Waals surface area contributed by atoms with Crippen LogP contribution >= 0.6 is 0 Å². The van der Waals surface area contributed by atoms with Gasteiger partial charge in [-0.05, 0) is 51.4 Å². The molecular weight excluding hydrogens is 791 g/mol. The van der Waals surface area contributed by atoms with Crippen LogP contribution in [0, 0.1) is 0 Å². The van der Waals surface area contributed by atoms with Gasteiger partial charge in [0.15, 0.2) is 0 Å². The Hall–Kier alpha value is -1.40. The highest BCUT2D eigenvalue weighted by Crippen LogP contribution is 2.18. The topological polar surface area (TPSA) is 95.9 Å². The van der Waals surface area contributed by atoms with Gasteiger partial charge >= 0.3 is 5.97 Å². The lowest BCUT2D eigenvalue weighted by atomic mass is 10.0. The molecule has 0 fully saturated rings. The maximum absolute atomic E-state index is 12.5. The molecule has 0 aromatic heterocycles. The summed E-state index contributed by atoms with van der Waals surface area (Å²) in [5.74, 6) is -0.0867. The summed E-state index contributed by atoms with van der Waals surface area (Å²) in [4.78, 5) is 24.6. The van der Waals surface area contributed by atoms with Crippen molar-refractivity contribution >= 4 is 11.9 Å². The van der Waals surface area contributed by atoms with Gasteiger partial charge in [-0.2, -0.15) is 0 Å². The van der Waals surface area contributed by atoms with Crippen LogP contribution in [-0.4, -0.2) is 47.4 Å². The lowest BCUT2D eigenvalue weighted by molar-refractivity contribution is -0.143. The van der Waals surface area contributed by atoms with E-state index in [-0.39, 0.29) is 18.5 Å². The third-order valence-electron chi connectivity index (χ3n) is 13.6. The molecule has 0 aliphatic rings. The molecule has 0 saturated heterocycles. The predicted octanol–water partition coefficient (Wildman–Crippen LogP) is 17.7. The number of hydrogen-bond acceptors (Lipinski definition) is 5. The summed E-state index contributed by atoms with van der Waals surface area (Å²) < 4.78 is 5.46. The molecule has 0 aromatic rings. The highest BCUT2D eigenvalue weighted by Gasteiger charge is 2.20. The smallest absolute Gasteiger partial charge is 0.305 e. The van der Waals surface area contributed by atoms with Gasteiger partial charge in [0.05, 0.1) is 25.4 Å². The Morgan fingerprint density at radius 1 is 0.422 bits per heavy atom. The van der Waals surface area contributed by atoms with Crippen LogP contribution in [0.25, 0.3) is 0 Å². The monoisotopic (exact) mass is 904 g/mol. The first kappa shape index (κ1) is 62.6.